The van der Waals surface area contributed by atoms with E-state index in [1.807, 2.05) is 0 Å². The normalized spacial score (nSPS) is 15.3. The van der Waals surface area contributed by atoms with Gasteiger partial charge in [-0.2, -0.15) is 5.10 Å². The zero-order chi connectivity index (χ0) is 10.0. The predicted molar refractivity (Wildman–Crippen MR) is 43.8 cm³/mol. The summed E-state index contributed by atoms with van der Waals surface area (Å²) in [5.41, 5.74) is 5.46. The minimum Gasteiger partial charge on any atom is -0.480 e. The van der Waals surface area contributed by atoms with Crippen LogP contribution in [0.4, 0.5) is 0 Å². The number of aliphatic hydroxyl groups excluding tert-OH is 1. The Morgan fingerprint density at radius 2 is 2.38 bits per heavy atom. The maximum atomic E-state index is 10.4. The van der Waals surface area contributed by atoms with Crippen molar-refractivity contribution in [2.75, 3.05) is 0 Å². The Balaban J connectivity index is 2.78. The van der Waals surface area contributed by atoms with Crippen LogP contribution in [0.3, 0.4) is 0 Å². The van der Waals surface area contributed by atoms with Crippen molar-refractivity contribution in [3.8, 4) is 0 Å². The molecule has 1 aromatic heterocycles. The third-order valence-corrected chi connectivity index (χ3v) is 1.66. The molecule has 13 heavy (non-hydrogen) atoms. The Morgan fingerprint density at radius 1 is 1.77 bits per heavy atom. The molecule has 2 atom stereocenters. The quantitative estimate of drug-likeness (QED) is 0.552. The number of carboxylic acid groups (broad SMARTS) is 1. The van der Waals surface area contributed by atoms with Crippen molar-refractivity contribution < 1.29 is 15.0 Å². The Kier molecular flexibility index (Phi) is 2.64. The number of carbonyl (C=O) groups is 1. The second-order valence-electron chi connectivity index (χ2n) is 2.72. The summed E-state index contributed by atoms with van der Waals surface area (Å²) >= 11 is 0. The molecule has 0 saturated carbocycles. The monoisotopic (exact) mass is 185 g/mol. The Bertz CT molecular complexity index is 310. The minimum atomic E-state index is -1.34. The largest absolute Gasteiger partial charge is 0.480 e. The molecule has 6 nitrogen and oxygen atoms in total. The van der Waals surface area contributed by atoms with Crippen LogP contribution in [0.5, 0.6) is 0 Å². The molecule has 0 aliphatic rings. The van der Waals surface area contributed by atoms with E-state index in [-0.39, 0.29) is 5.69 Å². The van der Waals surface area contributed by atoms with Gasteiger partial charge in [-0.1, -0.05) is 0 Å². The summed E-state index contributed by atoms with van der Waals surface area (Å²) in [6, 6.07) is 0.183. The molecule has 0 spiro atoms. The van der Waals surface area contributed by atoms with Crippen molar-refractivity contribution in [2.24, 2.45) is 12.8 Å². The molecule has 0 aromatic carbocycles. The van der Waals surface area contributed by atoms with Crippen LogP contribution in [0.2, 0.25) is 0 Å². The van der Waals surface area contributed by atoms with Crippen LogP contribution in [0.25, 0.3) is 0 Å². The molecule has 1 aromatic rings. The third kappa shape index (κ3) is 2.04. The second-order valence-corrected chi connectivity index (χ2v) is 2.72. The molecule has 6 heteroatoms. The summed E-state index contributed by atoms with van der Waals surface area (Å²) in [5, 5.41) is 21.7. The van der Waals surface area contributed by atoms with E-state index in [0.717, 1.165) is 0 Å². The smallest absolute Gasteiger partial charge is 0.323 e. The van der Waals surface area contributed by atoms with Gasteiger partial charge in [-0.25, -0.2) is 0 Å². The Labute approximate surface area is 74.6 Å². The van der Waals surface area contributed by atoms with E-state index in [2.05, 4.69) is 5.10 Å². The molecule has 0 aliphatic carbocycles. The van der Waals surface area contributed by atoms with Gasteiger partial charge in [0.25, 0.3) is 0 Å². The third-order valence-electron chi connectivity index (χ3n) is 1.66. The van der Waals surface area contributed by atoms with Gasteiger partial charge in [-0.15, -0.1) is 0 Å². The lowest BCUT2D eigenvalue weighted by Gasteiger charge is -2.11. The topological polar surface area (TPSA) is 101 Å². The molecule has 0 saturated heterocycles. The van der Waals surface area contributed by atoms with Gasteiger partial charge in [0, 0.05) is 13.2 Å². The molecule has 0 fully saturated rings. The van der Waals surface area contributed by atoms with Crippen LogP contribution < -0.4 is 5.73 Å². The molecule has 0 radical (unpaired) electrons. The number of hydrogen-bond donors (Lipinski definition) is 3. The highest BCUT2D eigenvalue weighted by molar-refractivity contribution is 5.74. The van der Waals surface area contributed by atoms with Crippen LogP contribution in [0, 0.1) is 0 Å². The molecule has 72 valence electrons. The zero-order valence-corrected chi connectivity index (χ0v) is 7.08. The lowest BCUT2D eigenvalue weighted by Crippen LogP contribution is -2.36. The number of aliphatic hydroxyl groups is 1. The van der Waals surface area contributed by atoms with Gasteiger partial charge in [0.15, 0.2) is 0 Å². The van der Waals surface area contributed by atoms with Crippen molar-refractivity contribution in [2.45, 2.75) is 12.1 Å². The summed E-state index contributed by atoms with van der Waals surface area (Å²) in [6.45, 7) is 0. The van der Waals surface area contributed by atoms with Gasteiger partial charge in [0.2, 0.25) is 0 Å². The number of aliphatic carboxylic acids is 1. The first kappa shape index (κ1) is 9.69. The summed E-state index contributed by atoms with van der Waals surface area (Å²) < 4.78 is 1.47. The van der Waals surface area contributed by atoms with Crippen molar-refractivity contribution >= 4 is 5.97 Å². The van der Waals surface area contributed by atoms with Gasteiger partial charge in [-0.05, 0) is 6.07 Å². The molecular weight excluding hydrogens is 174 g/mol. The lowest BCUT2D eigenvalue weighted by atomic mass is 10.1. The molecule has 4 N–H and O–H groups in total. The number of aryl methyl sites for hydroxylation is 1. The van der Waals surface area contributed by atoms with Crippen LogP contribution in [-0.2, 0) is 11.8 Å². The van der Waals surface area contributed by atoms with Gasteiger partial charge in [-0.3, -0.25) is 9.48 Å². The zero-order valence-electron chi connectivity index (χ0n) is 7.08. The van der Waals surface area contributed by atoms with Crippen LogP contribution in [0.15, 0.2) is 12.3 Å². The number of aromatic nitrogens is 2. The predicted octanol–water partition coefficient (Wildman–Crippen LogP) is -1.13. The number of rotatable bonds is 3. The van der Waals surface area contributed by atoms with Gasteiger partial charge < -0.3 is 15.9 Å². The lowest BCUT2D eigenvalue weighted by molar-refractivity contribution is -0.141. The van der Waals surface area contributed by atoms with Crippen molar-refractivity contribution in [1.29, 1.82) is 0 Å². The van der Waals surface area contributed by atoms with Crippen molar-refractivity contribution in [1.82, 2.24) is 9.78 Å². The van der Waals surface area contributed by atoms with Crippen molar-refractivity contribution in [3.63, 3.8) is 0 Å². The van der Waals surface area contributed by atoms with Gasteiger partial charge >= 0.3 is 5.97 Å². The number of carboxylic acids is 1. The van der Waals surface area contributed by atoms with Crippen molar-refractivity contribution in [3.05, 3.63) is 18.0 Å². The summed E-state index contributed by atoms with van der Waals surface area (Å²) in [7, 11) is 1.67. The fraction of sp³-hybridized carbons (Fsp3) is 0.429. The Morgan fingerprint density at radius 3 is 2.77 bits per heavy atom. The maximum Gasteiger partial charge on any atom is 0.323 e. The van der Waals surface area contributed by atoms with Gasteiger partial charge in [0.05, 0.1) is 5.69 Å². The highest BCUT2D eigenvalue weighted by Crippen LogP contribution is 2.12. The maximum absolute atomic E-state index is 10.4. The van der Waals surface area contributed by atoms with E-state index in [9.17, 15) is 9.90 Å². The SMILES string of the molecule is Cn1ccc(C(O)C(N)C(=O)O)n1. The Hall–Kier alpha value is -1.40. The highest BCUT2D eigenvalue weighted by Gasteiger charge is 2.25. The first-order chi connectivity index (χ1) is 6.02. The summed E-state index contributed by atoms with van der Waals surface area (Å²) in [6.07, 6.45) is 0.339. The fourth-order valence-corrected chi connectivity index (χ4v) is 0.910. The van der Waals surface area contributed by atoms with E-state index in [1.54, 1.807) is 13.2 Å². The van der Waals surface area contributed by atoms with E-state index < -0.39 is 18.1 Å². The average Bonchev–Trinajstić information content (AvgIpc) is 2.49. The molecule has 0 aliphatic heterocycles. The second kappa shape index (κ2) is 3.55. The molecule has 2 unspecified atom stereocenters. The molecule has 0 amide bonds. The van der Waals surface area contributed by atoms with Gasteiger partial charge in [0.1, 0.15) is 12.1 Å². The first-order valence-electron chi connectivity index (χ1n) is 3.68. The number of hydrogen-bond acceptors (Lipinski definition) is 4. The number of nitrogens with zero attached hydrogens (tertiary/aromatic N) is 2. The number of nitrogens with two attached hydrogens (primary N) is 1. The highest BCUT2D eigenvalue weighted by atomic mass is 16.4. The standard InChI is InChI=1S/C7H11N3O3/c1-10-3-2-4(9-10)6(11)5(8)7(12)13/h2-3,5-6,11H,8H2,1H3,(H,12,13). The van der Waals surface area contributed by atoms with E-state index in [4.69, 9.17) is 10.8 Å². The van der Waals surface area contributed by atoms with Crippen LogP contribution >= 0.6 is 0 Å². The molecule has 0 bridgehead atoms. The molecular formula is C7H11N3O3. The van der Waals surface area contributed by atoms with E-state index >= 15 is 0 Å². The fourth-order valence-electron chi connectivity index (χ4n) is 0.910. The first-order valence-corrected chi connectivity index (χ1v) is 3.68. The summed E-state index contributed by atoms with van der Waals surface area (Å²) in [5.74, 6) is -1.25. The minimum absolute atomic E-state index is 0.261. The van der Waals surface area contributed by atoms with Crippen LogP contribution in [0.1, 0.15) is 11.8 Å². The van der Waals surface area contributed by atoms with E-state index in [1.165, 1.54) is 10.7 Å². The van der Waals surface area contributed by atoms with Crippen LogP contribution in [-0.4, -0.2) is 32.0 Å². The molecule has 1 heterocycles. The summed E-state index contributed by atoms with van der Waals surface area (Å²) in [4.78, 5) is 10.4. The molecule has 1 rings (SSSR count). The average molecular weight is 185 g/mol. The van der Waals surface area contributed by atoms with E-state index in [0.29, 0.717) is 0 Å².